The predicted octanol–water partition coefficient (Wildman–Crippen LogP) is 4.11. The van der Waals surface area contributed by atoms with E-state index in [1.165, 1.54) is 28.9 Å². The normalized spacial score (nSPS) is 10.6. The van der Waals surface area contributed by atoms with E-state index in [0.717, 1.165) is 0 Å². The van der Waals surface area contributed by atoms with Gasteiger partial charge >= 0.3 is 5.97 Å². The van der Waals surface area contributed by atoms with Gasteiger partial charge in [-0.1, -0.05) is 60.7 Å². The minimum atomic E-state index is -0.822. The first kappa shape index (κ1) is 19.2. The Morgan fingerprint density at radius 1 is 0.867 bits per heavy atom. The fourth-order valence-corrected chi connectivity index (χ4v) is 2.84. The molecule has 0 unspecified atom stereocenters. The number of carbonyl (C=O) groups is 2. The van der Waals surface area contributed by atoms with E-state index in [0.29, 0.717) is 22.6 Å². The highest BCUT2D eigenvalue weighted by Crippen LogP contribution is 2.21. The number of hydrogen-bond acceptors (Lipinski definition) is 5. The SMILES string of the molecule is O=C(COC(=O)c1nc(-c2ccccc2)n(-c2ccc(F)cc2)n1)c1ccccc1. The van der Waals surface area contributed by atoms with Gasteiger partial charge in [-0.2, -0.15) is 0 Å². The largest absolute Gasteiger partial charge is 0.451 e. The van der Waals surface area contributed by atoms with E-state index < -0.39 is 12.6 Å². The summed E-state index contributed by atoms with van der Waals surface area (Å²) in [5.41, 5.74) is 1.69. The molecule has 6 nitrogen and oxygen atoms in total. The lowest BCUT2D eigenvalue weighted by atomic mass is 10.1. The molecule has 30 heavy (non-hydrogen) atoms. The van der Waals surface area contributed by atoms with Crippen molar-refractivity contribution in [2.75, 3.05) is 6.61 Å². The van der Waals surface area contributed by atoms with Gasteiger partial charge in [0.15, 0.2) is 18.2 Å². The second-order valence-corrected chi connectivity index (χ2v) is 6.38. The highest BCUT2D eigenvalue weighted by atomic mass is 19.1. The van der Waals surface area contributed by atoms with E-state index >= 15 is 0 Å². The van der Waals surface area contributed by atoms with Crippen LogP contribution in [0.4, 0.5) is 4.39 Å². The first-order valence-electron chi connectivity index (χ1n) is 9.15. The molecule has 0 aliphatic heterocycles. The van der Waals surface area contributed by atoms with Crippen LogP contribution in [-0.2, 0) is 4.74 Å². The molecule has 0 saturated heterocycles. The molecule has 0 aliphatic carbocycles. The molecule has 7 heteroatoms. The summed E-state index contributed by atoms with van der Waals surface area (Å²) in [7, 11) is 0. The highest BCUT2D eigenvalue weighted by Gasteiger charge is 2.21. The van der Waals surface area contributed by atoms with E-state index in [9.17, 15) is 14.0 Å². The van der Waals surface area contributed by atoms with Gasteiger partial charge in [0.2, 0.25) is 0 Å². The van der Waals surface area contributed by atoms with Crippen molar-refractivity contribution in [1.29, 1.82) is 0 Å². The van der Waals surface area contributed by atoms with Crippen LogP contribution in [0.5, 0.6) is 0 Å². The molecular formula is C23H16FN3O3. The minimum Gasteiger partial charge on any atom is -0.451 e. The Morgan fingerprint density at radius 3 is 2.17 bits per heavy atom. The second kappa shape index (κ2) is 8.48. The zero-order valence-electron chi connectivity index (χ0n) is 15.7. The second-order valence-electron chi connectivity index (χ2n) is 6.38. The molecule has 0 fully saturated rings. The van der Waals surface area contributed by atoms with Gasteiger partial charge in [0.25, 0.3) is 5.82 Å². The molecule has 148 valence electrons. The predicted molar refractivity (Wildman–Crippen MR) is 108 cm³/mol. The summed E-state index contributed by atoms with van der Waals surface area (Å²) in [6, 6.07) is 23.3. The number of Topliss-reactive ketones (excluding diaryl/α,β-unsaturated/α-hetero) is 1. The Kier molecular flexibility index (Phi) is 5.43. The van der Waals surface area contributed by atoms with Crippen LogP contribution in [0.2, 0.25) is 0 Å². The van der Waals surface area contributed by atoms with Crippen LogP contribution >= 0.6 is 0 Å². The summed E-state index contributed by atoms with van der Waals surface area (Å²) < 4.78 is 19.9. The lowest BCUT2D eigenvalue weighted by Crippen LogP contribution is -2.15. The lowest BCUT2D eigenvalue weighted by Gasteiger charge is -2.05. The van der Waals surface area contributed by atoms with E-state index in [4.69, 9.17) is 4.74 Å². The Balaban J connectivity index is 1.61. The fraction of sp³-hybridized carbons (Fsp3) is 0.0435. The molecule has 0 aliphatic rings. The Morgan fingerprint density at radius 2 is 1.50 bits per heavy atom. The zero-order valence-corrected chi connectivity index (χ0v) is 15.7. The van der Waals surface area contributed by atoms with Crippen molar-refractivity contribution >= 4 is 11.8 Å². The number of ketones is 1. The fourth-order valence-electron chi connectivity index (χ4n) is 2.84. The molecule has 0 N–H and O–H groups in total. The first-order valence-corrected chi connectivity index (χ1v) is 9.15. The van der Waals surface area contributed by atoms with E-state index in [1.54, 1.807) is 30.3 Å². The van der Waals surface area contributed by atoms with E-state index in [2.05, 4.69) is 10.1 Å². The lowest BCUT2D eigenvalue weighted by molar-refractivity contribution is 0.0462. The molecule has 3 aromatic carbocycles. The van der Waals surface area contributed by atoms with Crippen molar-refractivity contribution in [1.82, 2.24) is 14.8 Å². The smallest absolute Gasteiger partial charge is 0.378 e. The van der Waals surface area contributed by atoms with Gasteiger partial charge < -0.3 is 4.74 Å². The zero-order chi connectivity index (χ0) is 20.9. The van der Waals surface area contributed by atoms with E-state index in [-0.39, 0.29) is 17.4 Å². The van der Waals surface area contributed by atoms with Crippen molar-refractivity contribution in [2.24, 2.45) is 0 Å². The molecule has 1 aromatic heterocycles. The molecule has 0 amide bonds. The van der Waals surface area contributed by atoms with Crippen LogP contribution in [0, 0.1) is 5.82 Å². The van der Waals surface area contributed by atoms with Gasteiger partial charge in [0, 0.05) is 11.1 Å². The van der Waals surface area contributed by atoms with Crippen LogP contribution in [-0.4, -0.2) is 33.1 Å². The summed E-state index contributed by atoms with van der Waals surface area (Å²) in [6.07, 6.45) is 0. The molecule has 0 bridgehead atoms. The quantitative estimate of drug-likeness (QED) is 0.359. The molecule has 1 heterocycles. The molecule has 4 aromatic rings. The highest BCUT2D eigenvalue weighted by molar-refractivity contribution is 5.98. The number of benzene rings is 3. The minimum absolute atomic E-state index is 0.195. The summed E-state index contributed by atoms with van der Waals surface area (Å²) in [5.74, 6) is -1.34. The standard InChI is InChI=1S/C23H16FN3O3/c24-18-11-13-19(14-12-18)27-22(17-9-5-2-6-10-17)25-21(26-27)23(29)30-15-20(28)16-7-3-1-4-8-16/h1-14H,15H2. The van der Waals surface area contributed by atoms with Crippen molar-refractivity contribution in [3.8, 4) is 17.1 Å². The third kappa shape index (κ3) is 4.15. The Bertz CT molecular complexity index is 1170. The average Bonchev–Trinajstić information content (AvgIpc) is 3.24. The van der Waals surface area contributed by atoms with Crippen LogP contribution in [0.1, 0.15) is 21.0 Å². The number of aromatic nitrogens is 3. The maximum atomic E-state index is 13.3. The number of halogens is 1. The van der Waals surface area contributed by atoms with Gasteiger partial charge in [0.1, 0.15) is 5.82 Å². The number of ether oxygens (including phenoxy) is 1. The number of esters is 1. The molecule has 0 spiro atoms. The summed E-state index contributed by atoms with van der Waals surface area (Å²) in [6.45, 7) is -0.422. The topological polar surface area (TPSA) is 74.1 Å². The van der Waals surface area contributed by atoms with Crippen molar-refractivity contribution < 1.29 is 18.7 Å². The molecule has 4 rings (SSSR count). The van der Waals surface area contributed by atoms with Crippen LogP contribution in [0.25, 0.3) is 17.1 Å². The Labute approximate surface area is 171 Å². The van der Waals surface area contributed by atoms with Gasteiger partial charge in [0.05, 0.1) is 5.69 Å². The van der Waals surface area contributed by atoms with Crippen LogP contribution in [0.15, 0.2) is 84.9 Å². The summed E-state index contributed by atoms with van der Waals surface area (Å²) >= 11 is 0. The van der Waals surface area contributed by atoms with Crippen LogP contribution < -0.4 is 0 Å². The van der Waals surface area contributed by atoms with E-state index in [1.807, 2.05) is 30.3 Å². The van der Waals surface area contributed by atoms with Gasteiger partial charge in [-0.15, -0.1) is 5.10 Å². The molecule has 0 saturated carbocycles. The van der Waals surface area contributed by atoms with Crippen molar-refractivity contribution in [2.45, 2.75) is 0 Å². The molecule has 0 atom stereocenters. The number of rotatable bonds is 6. The van der Waals surface area contributed by atoms with Gasteiger partial charge in [-0.25, -0.2) is 18.9 Å². The average molecular weight is 401 g/mol. The third-order valence-corrected chi connectivity index (χ3v) is 4.32. The summed E-state index contributed by atoms with van der Waals surface area (Å²) in [4.78, 5) is 29.0. The van der Waals surface area contributed by atoms with Crippen LogP contribution in [0.3, 0.4) is 0 Å². The molecular weight excluding hydrogens is 385 g/mol. The van der Waals surface area contributed by atoms with Gasteiger partial charge in [-0.3, -0.25) is 4.79 Å². The van der Waals surface area contributed by atoms with Gasteiger partial charge in [-0.05, 0) is 24.3 Å². The number of nitrogens with zero attached hydrogens (tertiary/aromatic N) is 3. The Hall–Kier alpha value is -4.13. The van der Waals surface area contributed by atoms with Crippen molar-refractivity contribution in [3.63, 3.8) is 0 Å². The maximum Gasteiger partial charge on any atom is 0.378 e. The summed E-state index contributed by atoms with van der Waals surface area (Å²) in [5, 5.41) is 4.23. The third-order valence-electron chi connectivity index (χ3n) is 4.32. The monoisotopic (exact) mass is 401 g/mol. The first-order chi connectivity index (χ1) is 14.6. The molecule has 0 radical (unpaired) electrons. The maximum absolute atomic E-state index is 13.3. The number of carbonyl (C=O) groups excluding carboxylic acids is 2. The van der Waals surface area contributed by atoms with Crippen molar-refractivity contribution in [3.05, 3.63) is 102 Å². The number of hydrogen-bond donors (Lipinski definition) is 0.